The minimum atomic E-state index is 0. The third-order valence-electron chi connectivity index (χ3n) is 9.20. The van der Waals surface area contributed by atoms with Gasteiger partial charge in [-0.25, -0.2) is 0 Å². The smallest absolute Gasteiger partial charge is 0.161 e. The molecule has 4 aromatic carbocycles. The average molecular weight is 831 g/mol. The van der Waals surface area contributed by atoms with Gasteiger partial charge >= 0.3 is 0 Å². The van der Waals surface area contributed by atoms with Gasteiger partial charge in [0, 0.05) is 49.1 Å². The molecule has 0 aliphatic carbocycles. The topological polar surface area (TPSA) is 72.0 Å². The number of hydrogen-bond donors (Lipinski definition) is 0. The fourth-order valence-electron chi connectivity index (χ4n) is 6.57. The van der Waals surface area contributed by atoms with Crippen LogP contribution in [0.15, 0.2) is 95.7 Å². The van der Waals surface area contributed by atoms with Crippen LogP contribution in [0, 0.1) is 24.0 Å². The van der Waals surface area contributed by atoms with Gasteiger partial charge in [0.1, 0.15) is 28.6 Å². The van der Waals surface area contributed by atoms with Gasteiger partial charge in [0.25, 0.3) is 0 Å². The van der Waals surface area contributed by atoms with Crippen LogP contribution in [0.1, 0.15) is 81.7 Å². The first-order valence-corrected chi connectivity index (χ1v) is 16.7. The number of nitrogens with zero attached hydrogens (tertiary/aromatic N) is 5. The number of nitriles is 1. The Kier molecular flexibility index (Phi) is 9.59. The van der Waals surface area contributed by atoms with Crippen LogP contribution in [-0.2, 0) is 20.1 Å². The Labute approximate surface area is 306 Å². The number of aromatic nitrogens is 3. The largest absolute Gasteiger partial charge is 0.454 e. The van der Waals surface area contributed by atoms with Crippen molar-refractivity contribution in [3.05, 3.63) is 131 Å². The van der Waals surface area contributed by atoms with E-state index in [1.165, 1.54) is 5.56 Å². The maximum atomic E-state index is 9.89. The zero-order valence-electron chi connectivity index (χ0n) is 28.9. The Morgan fingerprint density at radius 3 is 2.18 bits per heavy atom. The van der Waals surface area contributed by atoms with Crippen LogP contribution < -0.4 is 0 Å². The summed E-state index contributed by atoms with van der Waals surface area (Å²) in [5.74, 6) is 1.35. The van der Waals surface area contributed by atoms with Gasteiger partial charge in [0.05, 0.1) is 12.4 Å². The van der Waals surface area contributed by atoms with E-state index >= 15 is 0 Å². The van der Waals surface area contributed by atoms with Crippen molar-refractivity contribution >= 4 is 27.8 Å². The molecular weight excluding hydrogens is 795 g/mol. The molecule has 0 amide bonds. The maximum Gasteiger partial charge on any atom is 0.161 e. The van der Waals surface area contributed by atoms with Crippen molar-refractivity contribution in [2.24, 2.45) is 0 Å². The van der Waals surface area contributed by atoms with Crippen molar-refractivity contribution in [3.8, 4) is 45.4 Å². The summed E-state index contributed by atoms with van der Waals surface area (Å²) >= 11 is 0. The standard InChI is InChI=1S/C43H36N5O.Ir/c1-25(2)28-11-13-29(14-12-28)30-15-16-39-38(20-30)40-42(49-39)35(17-18-46-40)32-21-36(26(3)4)41(37(22-32)27(5)6)48-24-34(23-44)47-43(48)31-9-8-10-33(19-31)45-7;/h8,10-22,24-27H,1-6H3;/q-1;. The van der Waals surface area contributed by atoms with Gasteiger partial charge in [-0.15, -0.1) is 23.8 Å². The second-order valence-corrected chi connectivity index (χ2v) is 13.4. The summed E-state index contributed by atoms with van der Waals surface area (Å²) < 4.78 is 8.57. The molecule has 0 N–H and O–H groups in total. The zero-order chi connectivity index (χ0) is 34.4. The Balaban J connectivity index is 0.00000432. The average Bonchev–Trinajstić information content (AvgIpc) is 3.72. The van der Waals surface area contributed by atoms with Crippen LogP contribution in [0.3, 0.4) is 0 Å². The first-order valence-electron chi connectivity index (χ1n) is 16.7. The Bertz CT molecular complexity index is 2420. The number of pyridine rings is 1. The van der Waals surface area contributed by atoms with Gasteiger partial charge in [0.2, 0.25) is 0 Å². The van der Waals surface area contributed by atoms with E-state index in [2.05, 4.69) is 112 Å². The fraction of sp³-hybridized carbons (Fsp3) is 0.209. The predicted molar refractivity (Wildman–Crippen MR) is 197 cm³/mol. The zero-order valence-corrected chi connectivity index (χ0v) is 31.3. The summed E-state index contributed by atoms with van der Waals surface area (Å²) in [6, 6.07) is 32.3. The van der Waals surface area contributed by atoms with Crippen LogP contribution in [0.25, 0.3) is 66.2 Å². The Morgan fingerprint density at radius 2 is 1.54 bits per heavy atom. The minimum absolute atomic E-state index is 0. The van der Waals surface area contributed by atoms with Crippen LogP contribution in [0.4, 0.5) is 5.69 Å². The molecule has 7 aromatic rings. The minimum Gasteiger partial charge on any atom is -0.454 e. The summed E-state index contributed by atoms with van der Waals surface area (Å²) in [5.41, 5.74) is 12.7. The van der Waals surface area contributed by atoms with Crippen molar-refractivity contribution in [1.29, 1.82) is 5.26 Å². The third-order valence-corrected chi connectivity index (χ3v) is 9.20. The van der Waals surface area contributed by atoms with Crippen LogP contribution in [0.2, 0.25) is 0 Å². The van der Waals surface area contributed by atoms with E-state index < -0.39 is 0 Å². The van der Waals surface area contributed by atoms with Crippen LogP contribution >= 0.6 is 0 Å². The second-order valence-electron chi connectivity index (χ2n) is 13.4. The molecule has 249 valence electrons. The Hall–Kier alpha value is -5.33. The van der Waals surface area contributed by atoms with Gasteiger partial charge in [-0.1, -0.05) is 71.9 Å². The van der Waals surface area contributed by atoms with E-state index in [0.29, 0.717) is 28.7 Å². The molecule has 7 rings (SSSR count). The monoisotopic (exact) mass is 831 g/mol. The van der Waals surface area contributed by atoms with Crippen molar-refractivity contribution < 1.29 is 24.5 Å². The molecule has 0 spiro atoms. The van der Waals surface area contributed by atoms with Gasteiger partial charge in [-0.3, -0.25) is 14.8 Å². The summed E-state index contributed by atoms with van der Waals surface area (Å²) in [4.78, 5) is 13.1. The molecule has 0 bridgehead atoms. The number of furan rings is 1. The molecule has 0 atom stereocenters. The molecule has 6 nitrogen and oxygen atoms in total. The van der Waals surface area contributed by atoms with Gasteiger partial charge in [-0.2, -0.15) is 11.3 Å². The molecule has 0 aliphatic rings. The third kappa shape index (κ3) is 6.16. The SMILES string of the molecule is [C-]#[N+]c1cc[c-]c(-c2nc(C#N)cn2-c2c(C(C)C)cc(-c3ccnc4c3oc3ccc(-c5ccc(C(C)C)cc5)cc34)cc2C(C)C)c1.[Ir]. The van der Waals surface area contributed by atoms with Gasteiger partial charge in [-0.05, 0) is 81.5 Å². The molecular formula is C43H36IrN5O-. The Morgan fingerprint density at radius 1 is 0.840 bits per heavy atom. The summed E-state index contributed by atoms with van der Waals surface area (Å²) in [6.45, 7) is 20.7. The maximum absolute atomic E-state index is 9.89. The summed E-state index contributed by atoms with van der Waals surface area (Å²) in [6.07, 6.45) is 3.65. The molecule has 3 aromatic heterocycles. The van der Waals surface area contributed by atoms with E-state index in [1.807, 2.05) is 22.9 Å². The van der Waals surface area contributed by atoms with E-state index in [4.69, 9.17) is 16.0 Å². The normalized spacial score (nSPS) is 11.3. The second kappa shape index (κ2) is 13.9. The molecule has 0 saturated carbocycles. The molecule has 0 aliphatic heterocycles. The van der Waals surface area contributed by atoms with Gasteiger partial charge in [0.15, 0.2) is 5.58 Å². The fourth-order valence-corrected chi connectivity index (χ4v) is 6.57. The van der Waals surface area contributed by atoms with Crippen molar-refractivity contribution in [2.45, 2.75) is 59.3 Å². The predicted octanol–water partition coefficient (Wildman–Crippen LogP) is 11.8. The summed E-state index contributed by atoms with van der Waals surface area (Å²) in [5, 5.41) is 10.9. The van der Waals surface area contributed by atoms with E-state index in [-0.39, 0.29) is 31.9 Å². The molecule has 1 radical (unpaired) electrons. The van der Waals surface area contributed by atoms with E-state index in [0.717, 1.165) is 61.1 Å². The quantitative estimate of drug-likeness (QED) is 0.150. The number of imidazole rings is 1. The summed E-state index contributed by atoms with van der Waals surface area (Å²) in [7, 11) is 0. The van der Waals surface area contributed by atoms with E-state index in [9.17, 15) is 5.26 Å². The molecule has 50 heavy (non-hydrogen) atoms. The number of rotatable bonds is 7. The molecule has 0 saturated heterocycles. The van der Waals surface area contributed by atoms with Crippen LogP contribution in [0.5, 0.6) is 0 Å². The van der Waals surface area contributed by atoms with Gasteiger partial charge < -0.3 is 8.98 Å². The number of fused-ring (bicyclic) bond motifs is 3. The number of hydrogen-bond acceptors (Lipinski definition) is 4. The van der Waals surface area contributed by atoms with Crippen molar-refractivity contribution in [1.82, 2.24) is 14.5 Å². The van der Waals surface area contributed by atoms with Crippen LogP contribution in [-0.4, -0.2) is 14.5 Å². The molecule has 7 heteroatoms. The molecule has 3 heterocycles. The molecule has 0 fully saturated rings. The molecule has 0 unspecified atom stereocenters. The first kappa shape index (κ1) is 34.5. The van der Waals surface area contributed by atoms with E-state index in [1.54, 1.807) is 24.4 Å². The number of benzene rings is 4. The first-order chi connectivity index (χ1) is 23.7. The van der Waals surface area contributed by atoms with Crippen molar-refractivity contribution in [3.63, 3.8) is 0 Å². The van der Waals surface area contributed by atoms with Crippen molar-refractivity contribution in [2.75, 3.05) is 0 Å².